The molecule has 0 unspecified atom stereocenters. The van der Waals surface area contributed by atoms with Gasteiger partial charge in [-0.15, -0.1) is 11.8 Å². The fourth-order valence-electron chi connectivity index (χ4n) is 6.11. The number of hydrogen-bond donors (Lipinski definition) is 0. The van der Waals surface area contributed by atoms with Crippen LogP contribution in [0.1, 0.15) is 50.2 Å². The monoisotopic (exact) mass is 760 g/mol. The van der Waals surface area contributed by atoms with Crippen molar-refractivity contribution in [1.29, 1.82) is 0 Å². The molecule has 278 valence electrons. The third-order valence-corrected chi connectivity index (χ3v) is 9.75. The predicted molar refractivity (Wildman–Crippen MR) is 198 cm³/mol. The summed E-state index contributed by atoms with van der Waals surface area (Å²) in [5, 5.41) is -1.12. The summed E-state index contributed by atoms with van der Waals surface area (Å²) >= 11 is 0.116. The van der Waals surface area contributed by atoms with Crippen LogP contribution in [0, 0.1) is 18.6 Å². The molecule has 0 spiro atoms. The summed E-state index contributed by atoms with van der Waals surface area (Å²) in [5.41, 5.74) is -4.54. The van der Waals surface area contributed by atoms with Gasteiger partial charge in [0.05, 0.1) is 35.0 Å². The second-order valence-corrected chi connectivity index (χ2v) is 13.2. The number of benzene rings is 4. The molecule has 0 aliphatic carbocycles. The molecule has 2 heterocycles. The van der Waals surface area contributed by atoms with Crippen molar-refractivity contribution in [3.05, 3.63) is 135 Å². The third kappa shape index (κ3) is 9.17. The highest BCUT2D eigenvalue weighted by Gasteiger charge is 2.31. The van der Waals surface area contributed by atoms with Crippen LogP contribution in [0.3, 0.4) is 0 Å². The maximum atomic E-state index is 15.1. The fraction of sp³-hybridized carbons (Fsp3) is 0.317. The van der Waals surface area contributed by atoms with Gasteiger partial charge in [-0.25, -0.2) is 8.78 Å². The van der Waals surface area contributed by atoms with Gasteiger partial charge in [-0.1, -0.05) is 54.6 Å². The van der Waals surface area contributed by atoms with Crippen LogP contribution in [-0.2, 0) is 34.5 Å². The zero-order chi connectivity index (χ0) is 47.3. The Hall–Kier alpha value is -4.52. The lowest BCUT2D eigenvalue weighted by molar-refractivity contribution is -0.137. The van der Waals surface area contributed by atoms with E-state index in [1.807, 2.05) is 0 Å². The molecule has 4 aromatic carbocycles. The molecule has 0 atom stereocenters. The second kappa shape index (κ2) is 16.7. The molecule has 0 N–H and O–H groups in total. The number of piperidine rings is 1. The van der Waals surface area contributed by atoms with Gasteiger partial charge in [0.15, 0.2) is 17.1 Å². The highest BCUT2D eigenvalue weighted by molar-refractivity contribution is 7.98. The average Bonchev–Trinajstić information content (AvgIpc) is 3.21. The van der Waals surface area contributed by atoms with Crippen molar-refractivity contribution in [2.45, 2.75) is 55.8 Å². The third-order valence-electron chi connectivity index (χ3n) is 8.91. The van der Waals surface area contributed by atoms with Gasteiger partial charge in [0.1, 0.15) is 6.54 Å². The summed E-state index contributed by atoms with van der Waals surface area (Å²) < 4.78 is 166. The number of halogens is 5. The first-order valence-electron chi connectivity index (χ1n) is 21.9. The summed E-state index contributed by atoms with van der Waals surface area (Å²) in [5.74, 6) is -3.63. The molecule has 1 aliphatic heterocycles. The lowest BCUT2D eigenvalue weighted by atomic mass is 10.00. The molecule has 5 aromatic rings. The van der Waals surface area contributed by atoms with E-state index in [4.69, 9.17) is 15.1 Å². The molecule has 1 amide bonds. The number of carbonyl (C=O) groups excluding carboxylic acids is 1. The quantitative estimate of drug-likeness (QED) is 0.0942. The number of thioether (sulfide) groups is 1. The summed E-state index contributed by atoms with van der Waals surface area (Å²) in [7, 11) is -3.01. The van der Waals surface area contributed by atoms with Gasteiger partial charge in [-0.3, -0.25) is 9.59 Å². The standard InChI is InChI=1S/C41H40F5N3O3S/c1-27-6-15-34-36(22-27)49(39(23-37(34)50)53-26-31-4-3-5-35(42)40(31)43)25-38(51)48(33-16-18-47(19-17-33)20-21-52-2)24-28-7-9-29(10-8-28)30-11-13-32(14-12-30)41(44,45)46/h3-15,22-23,33H,16-21,24-26H2,1-2H3/i2D3,6D,15D,21D2,22D,23D,26D2. The molecule has 6 rings (SSSR count). The van der Waals surface area contributed by atoms with Gasteiger partial charge in [-0.2, -0.15) is 13.2 Å². The molecule has 1 aromatic heterocycles. The molecule has 0 bridgehead atoms. The predicted octanol–water partition coefficient (Wildman–Crippen LogP) is 8.71. The average molecular weight is 761 g/mol. The number of aromatic nitrogens is 1. The number of amides is 1. The Morgan fingerprint density at radius 1 is 1.02 bits per heavy atom. The van der Waals surface area contributed by atoms with E-state index in [1.54, 1.807) is 29.2 Å². The fourth-order valence-corrected chi connectivity index (χ4v) is 6.88. The minimum atomic E-state index is -4.53. The Morgan fingerprint density at radius 2 is 1.72 bits per heavy atom. The molecule has 6 nitrogen and oxygen atoms in total. The van der Waals surface area contributed by atoms with Crippen molar-refractivity contribution in [3.63, 3.8) is 0 Å². The summed E-state index contributed by atoms with van der Waals surface area (Å²) in [4.78, 5) is 31.8. The van der Waals surface area contributed by atoms with E-state index in [-0.39, 0.29) is 55.3 Å². The van der Waals surface area contributed by atoms with E-state index >= 15 is 4.39 Å². The molecule has 1 saturated heterocycles. The largest absolute Gasteiger partial charge is 0.416 e. The Kier molecular flexibility index (Phi) is 8.26. The summed E-state index contributed by atoms with van der Waals surface area (Å²) in [6.45, 7) is -2.23. The number of alkyl halides is 3. The molecule has 0 radical (unpaired) electrons. The smallest absolute Gasteiger partial charge is 0.383 e. The van der Waals surface area contributed by atoms with Crippen LogP contribution in [0.25, 0.3) is 22.0 Å². The first-order valence-corrected chi connectivity index (χ1v) is 17.3. The van der Waals surface area contributed by atoms with Crippen LogP contribution in [0.15, 0.2) is 101 Å². The first-order chi connectivity index (χ1) is 29.7. The number of nitrogens with zero attached hydrogens (tertiary/aromatic N) is 3. The molecule has 53 heavy (non-hydrogen) atoms. The van der Waals surface area contributed by atoms with Crippen molar-refractivity contribution >= 4 is 28.6 Å². The Labute approximate surface area is 324 Å². The van der Waals surface area contributed by atoms with Crippen LogP contribution in [-0.4, -0.2) is 59.5 Å². The van der Waals surface area contributed by atoms with Crippen LogP contribution in [0.4, 0.5) is 22.0 Å². The second-order valence-electron chi connectivity index (χ2n) is 12.4. The van der Waals surface area contributed by atoms with Gasteiger partial charge in [0.25, 0.3) is 0 Å². The van der Waals surface area contributed by atoms with Gasteiger partial charge < -0.3 is 19.1 Å². The van der Waals surface area contributed by atoms with Crippen LogP contribution in [0.2, 0.25) is 0 Å². The maximum absolute atomic E-state index is 15.1. The van der Waals surface area contributed by atoms with Crippen LogP contribution >= 0.6 is 11.8 Å². The molecule has 1 aliphatic rings. The Morgan fingerprint density at radius 3 is 2.40 bits per heavy atom. The first kappa shape index (κ1) is 26.3. The van der Waals surface area contributed by atoms with Crippen LogP contribution < -0.4 is 5.43 Å². The van der Waals surface area contributed by atoms with Crippen molar-refractivity contribution in [1.82, 2.24) is 14.4 Å². The molecular weight excluding hydrogens is 710 g/mol. The zero-order valence-corrected chi connectivity index (χ0v) is 29.1. The normalized spacial score (nSPS) is 18.0. The Balaban J connectivity index is 1.42. The number of hydrogen-bond acceptors (Lipinski definition) is 5. The van der Waals surface area contributed by atoms with Crippen molar-refractivity contribution in [2.24, 2.45) is 0 Å². The van der Waals surface area contributed by atoms with E-state index in [0.29, 0.717) is 16.7 Å². The lowest BCUT2D eigenvalue weighted by Crippen LogP contribution is -2.48. The van der Waals surface area contributed by atoms with E-state index in [9.17, 15) is 27.2 Å². The minimum Gasteiger partial charge on any atom is -0.383 e. The van der Waals surface area contributed by atoms with Crippen molar-refractivity contribution in [3.8, 4) is 11.1 Å². The van der Waals surface area contributed by atoms with Gasteiger partial charge in [-0.05, 0) is 72.3 Å². The number of likely N-dealkylation sites (tertiary alicyclic amines) is 1. The van der Waals surface area contributed by atoms with Crippen LogP contribution in [0.5, 0.6) is 0 Å². The van der Waals surface area contributed by atoms with E-state index in [0.717, 1.165) is 34.9 Å². The zero-order valence-electron chi connectivity index (χ0n) is 39.2. The topological polar surface area (TPSA) is 54.8 Å². The molecule has 0 saturated carbocycles. The Bertz CT molecular complexity index is 2620. The van der Waals surface area contributed by atoms with E-state index < -0.39 is 113 Å². The highest BCUT2D eigenvalue weighted by Crippen LogP contribution is 2.32. The number of ether oxygens (including phenoxy) is 1. The molecule has 1 fully saturated rings. The lowest BCUT2D eigenvalue weighted by Gasteiger charge is -2.39. The number of methoxy groups -OCH3 is 1. The minimum absolute atomic E-state index is 0.0781. The summed E-state index contributed by atoms with van der Waals surface area (Å²) in [6, 6.07) is 10.7. The molecule has 12 heteroatoms. The number of fused-ring (bicyclic) bond motifs is 1. The number of rotatable bonds is 12. The van der Waals surface area contributed by atoms with Gasteiger partial charge in [0, 0.05) is 64.7 Å². The molecular formula is C41H40F5N3O3S. The number of pyridine rings is 1. The summed E-state index contributed by atoms with van der Waals surface area (Å²) in [6.07, 6.45) is -4.12. The van der Waals surface area contributed by atoms with E-state index in [2.05, 4.69) is 4.74 Å². The number of carbonyl (C=O) groups is 1. The van der Waals surface area contributed by atoms with Crippen molar-refractivity contribution in [2.75, 3.05) is 33.2 Å². The van der Waals surface area contributed by atoms with E-state index in [1.165, 1.54) is 24.0 Å². The maximum Gasteiger partial charge on any atom is 0.416 e. The van der Waals surface area contributed by atoms with Gasteiger partial charge >= 0.3 is 6.18 Å². The highest BCUT2D eigenvalue weighted by atomic mass is 32.2. The van der Waals surface area contributed by atoms with Gasteiger partial charge in [0.2, 0.25) is 5.91 Å². The SMILES string of the molecule is [2H]c1c(C)c([2H])c2c(c1[2H])c(=O)c([2H])c(SC([2H])([2H])c1cccc(F)c1F)n2CC(=O)N(Cc1ccc(-c2ccc(C(F)(F)F)cc2)cc1)C1CCN(CC([2H])([2H])OC([2H])([2H])[2H])CC1. The van der Waals surface area contributed by atoms with Crippen molar-refractivity contribution < 1.29 is 46.6 Å².